The van der Waals surface area contributed by atoms with Gasteiger partial charge in [0.05, 0.1) is 16.1 Å². The molecule has 3 aromatic carbocycles. The van der Waals surface area contributed by atoms with Crippen molar-refractivity contribution in [3.63, 3.8) is 0 Å². The number of hydrogen-bond acceptors (Lipinski definition) is 2. The summed E-state index contributed by atoms with van der Waals surface area (Å²) < 4.78 is 0.415. The summed E-state index contributed by atoms with van der Waals surface area (Å²) in [5.41, 5.74) is 20.0. The average Bonchev–Trinajstić information content (AvgIpc) is 3.10. The van der Waals surface area contributed by atoms with Gasteiger partial charge in [0.1, 0.15) is 0 Å². The summed E-state index contributed by atoms with van der Waals surface area (Å²) in [6.45, 7) is 74.2. The molecule has 390 valence electrons. The molecule has 0 fully saturated rings. The zero-order chi connectivity index (χ0) is 52.0. The molecule has 3 aromatic rings. The number of rotatable bonds is 16. The van der Waals surface area contributed by atoms with Gasteiger partial charge in [0.2, 0.25) is 0 Å². The normalized spacial score (nSPS) is 14.5. The molecular formula is C60H106O2Si7Sn. The minimum Gasteiger partial charge on any atom is -0.870 e. The van der Waals surface area contributed by atoms with E-state index in [1.807, 2.05) is 0 Å². The molecule has 0 aliphatic heterocycles. The second-order valence-electron chi connectivity index (χ2n) is 29.4. The van der Waals surface area contributed by atoms with E-state index >= 15 is 0 Å². The molecule has 0 aromatic heterocycles. The van der Waals surface area contributed by atoms with Crippen molar-refractivity contribution in [3.8, 4) is 22.3 Å². The van der Waals surface area contributed by atoms with Crippen molar-refractivity contribution in [2.45, 2.75) is 231 Å². The molecule has 0 bridgehead atoms. The quantitative estimate of drug-likeness (QED) is 0.106. The third-order valence-corrected chi connectivity index (χ3v) is 54.6. The number of hydrogen-bond donors (Lipinski definition) is 0. The summed E-state index contributed by atoms with van der Waals surface area (Å²) in [4.78, 5) is 0. The van der Waals surface area contributed by atoms with Gasteiger partial charge in [0, 0.05) is 46.8 Å². The van der Waals surface area contributed by atoms with Gasteiger partial charge in [-0.05, 0) is 100 Å². The zero-order valence-electron chi connectivity index (χ0n) is 50.7. The second kappa shape index (κ2) is 24.9. The fourth-order valence-electron chi connectivity index (χ4n) is 14.4. The van der Waals surface area contributed by atoms with Crippen molar-refractivity contribution in [2.24, 2.45) is 0 Å². The molecule has 2 nitrogen and oxygen atoms in total. The first kappa shape index (κ1) is 69.2. The standard InChI is InChI=1S/C30H67Si7.C30H37.2H2O.Sn/c1-31(2,3)28(32(4,5)6)25-22-26(29(33(7,8)9)34(10,11)12)24-27(23-25)30(35(13,14)15,36(16,17)18)37(19,20)21;1-19(2)23-12-14-27(29(17-23)21(5)6)25-10-9-11-26(16-25)28-15-13-24(20(3)4)18-30(28)22(7)8;;;/h23-24,28-29H,1-21H3;9-15,17-22H,1-8H3;2*1H2;/q;;;;+2/p-2. The molecule has 4 rings (SSSR count). The molecule has 2 N–H and O–H groups in total. The van der Waals surface area contributed by atoms with Crippen LogP contribution in [0.1, 0.15) is 101 Å². The third kappa shape index (κ3) is 15.9. The summed E-state index contributed by atoms with van der Waals surface area (Å²) in [6.07, 6.45) is 5.59. The first-order chi connectivity index (χ1) is 30.0. The molecule has 0 spiro atoms. The van der Waals surface area contributed by atoms with E-state index in [-0.39, 0.29) is 34.9 Å². The van der Waals surface area contributed by atoms with Crippen molar-refractivity contribution in [2.75, 3.05) is 0 Å². The Kier molecular flexibility index (Phi) is 24.6. The van der Waals surface area contributed by atoms with Crippen LogP contribution in [0.25, 0.3) is 22.3 Å². The Morgan fingerprint density at radius 1 is 0.414 bits per heavy atom. The summed E-state index contributed by atoms with van der Waals surface area (Å²) in [7, 11) is -10.6. The minimum atomic E-state index is -1.59. The maximum Gasteiger partial charge on any atom is 2.00 e. The van der Waals surface area contributed by atoms with Gasteiger partial charge < -0.3 is 11.0 Å². The van der Waals surface area contributed by atoms with Crippen LogP contribution < -0.4 is 0 Å². The van der Waals surface area contributed by atoms with Crippen molar-refractivity contribution in [1.29, 1.82) is 0 Å². The maximum absolute atomic E-state index is 4.32. The van der Waals surface area contributed by atoms with Gasteiger partial charge >= 0.3 is 23.9 Å². The molecule has 0 heterocycles. The molecular weight excluding hydrogens is 1070 g/mol. The van der Waals surface area contributed by atoms with Crippen LogP contribution in [0.4, 0.5) is 0 Å². The monoisotopic (exact) mass is 1170 g/mol. The largest absolute Gasteiger partial charge is 2.00 e. The van der Waals surface area contributed by atoms with Gasteiger partial charge in [0.25, 0.3) is 0 Å². The Hall–Kier alpha value is -0.843. The van der Waals surface area contributed by atoms with Crippen LogP contribution in [0, 0.1) is 12.5 Å². The van der Waals surface area contributed by atoms with E-state index < -0.39 is 56.5 Å². The van der Waals surface area contributed by atoms with Crippen LogP contribution in [0.2, 0.25) is 152 Å². The van der Waals surface area contributed by atoms with Crippen molar-refractivity contribution >= 4 is 80.4 Å². The average molecular weight is 1170 g/mol. The molecule has 0 saturated carbocycles. The van der Waals surface area contributed by atoms with E-state index in [2.05, 4.69) is 272 Å². The maximum atomic E-state index is 4.32. The van der Waals surface area contributed by atoms with Crippen molar-refractivity contribution in [3.05, 3.63) is 118 Å². The molecule has 0 atom stereocenters. The fourth-order valence-corrected chi connectivity index (χ4v) is 69.6. The summed E-state index contributed by atoms with van der Waals surface area (Å²) in [5, 5.41) is 1.48. The molecule has 0 amide bonds. The molecule has 0 unspecified atom stereocenters. The first-order valence-electron chi connectivity index (χ1n) is 26.4. The van der Waals surface area contributed by atoms with E-state index in [1.165, 1.54) is 44.5 Å². The summed E-state index contributed by atoms with van der Waals surface area (Å²) in [6, 6.07) is 24.3. The van der Waals surface area contributed by atoms with Gasteiger partial charge in [-0.2, -0.15) is 0 Å². The summed E-state index contributed by atoms with van der Waals surface area (Å²) in [5.74, 6) is 2.04. The molecule has 4 radical (unpaired) electrons. The van der Waals surface area contributed by atoms with Crippen LogP contribution in [0.3, 0.4) is 0 Å². The van der Waals surface area contributed by atoms with E-state index in [1.54, 1.807) is 16.7 Å². The molecule has 70 heavy (non-hydrogen) atoms. The van der Waals surface area contributed by atoms with Gasteiger partial charge in [-0.3, -0.25) is 0 Å². The van der Waals surface area contributed by atoms with Crippen LogP contribution in [0.5, 0.6) is 0 Å². The predicted octanol–water partition coefficient (Wildman–Crippen LogP) is 20.2. The number of allylic oxidation sites excluding steroid dienone is 3. The number of benzene rings is 3. The van der Waals surface area contributed by atoms with Gasteiger partial charge in [-0.15, -0.1) is 5.73 Å². The molecule has 1 aliphatic carbocycles. The topological polar surface area (TPSA) is 60.0 Å². The zero-order valence-corrected chi connectivity index (χ0v) is 60.6. The van der Waals surface area contributed by atoms with Gasteiger partial charge in [-0.1, -0.05) is 259 Å². The first-order valence-corrected chi connectivity index (χ1v) is 51.2. The SMILES string of the molecule is CC(C)c1ccc(-c2[c]c(-c3ccc(C(C)C)cc3C(C)C)ccc2)c(C(C)C)c1.C[Si](C)(C)C(C1=C=C(C([Si](C)(C)C)[Si](C)(C)C)C=C(C([Si](C)(C)C)([Si](C)(C)C)[Si](C)(C)C)[CH]1)[Si](C)(C)C.[OH-].[OH-].[Sn+2]. The summed E-state index contributed by atoms with van der Waals surface area (Å²) >= 11 is 0. The van der Waals surface area contributed by atoms with Crippen molar-refractivity contribution < 1.29 is 11.0 Å². The van der Waals surface area contributed by atoms with Gasteiger partial charge in [0.15, 0.2) is 0 Å². The predicted molar refractivity (Wildman–Crippen MR) is 339 cm³/mol. The Balaban J connectivity index is 0.00000133. The van der Waals surface area contributed by atoms with E-state index in [0.717, 1.165) is 10.3 Å². The Morgan fingerprint density at radius 3 is 1.00 bits per heavy atom. The van der Waals surface area contributed by atoms with Crippen LogP contribution in [-0.2, 0) is 0 Å². The fraction of sp³-hybridized carbons (Fsp3) is 0.600. The second-order valence-corrected chi connectivity index (χ2v) is 69.0. The van der Waals surface area contributed by atoms with E-state index in [9.17, 15) is 0 Å². The van der Waals surface area contributed by atoms with Crippen LogP contribution in [-0.4, -0.2) is 91.4 Å². The smallest absolute Gasteiger partial charge is 0.870 e. The molecule has 0 saturated heterocycles. The van der Waals surface area contributed by atoms with E-state index in [0.29, 0.717) is 28.0 Å². The minimum absolute atomic E-state index is 0. The van der Waals surface area contributed by atoms with E-state index in [4.69, 9.17) is 0 Å². The molecule has 1 aliphatic rings. The molecule has 10 heteroatoms. The van der Waals surface area contributed by atoms with Crippen LogP contribution >= 0.6 is 0 Å². The third-order valence-electron chi connectivity index (χ3n) is 14.9. The Morgan fingerprint density at radius 2 is 0.729 bits per heavy atom. The van der Waals surface area contributed by atoms with Crippen LogP contribution in [0.15, 0.2) is 83.1 Å². The Bertz CT molecular complexity index is 2140. The van der Waals surface area contributed by atoms with Gasteiger partial charge in [-0.25, -0.2) is 0 Å². The van der Waals surface area contributed by atoms with Crippen molar-refractivity contribution in [1.82, 2.24) is 0 Å². The Labute approximate surface area is 459 Å².